The summed E-state index contributed by atoms with van der Waals surface area (Å²) in [4.78, 5) is 34.5. The molecule has 0 spiro atoms. The molecule has 0 aromatic heterocycles. The van der Waals surface area contributed by atoms with Gasteiger partial charge in [0.25, 0.3) is 0 Å². The minimum Gasteiger partial charge on any atom is -0.478 e. The van der Waals surface area contributed by atoms with E-state index >= 15 is 0 Å². The van der Waals surface area contributed by atoms with Crippen molar-refractivity contribution in [1.82, 2.24) is 0 Å². The molecule has 1 amide bonds. The van der Waals surface area contributed by atoms with Crippen LogP contribution in [-0.4, -0.2) is 33.8 Å². The van der Waals surface area contributed by atoms with Gasteiger partial charge >= 0.3 is 18.0 Å². The van der Waals surface area contributed by atoms with Crippen molar-refractivity contribution in [3.63, 3.8) is 0 Å². The monoisotopic (exact) mass is 857 g/mol. The molecule has 4 aromatic carbocycles. The van der Waals surface area contributed by atoms with E-state index in [4.69, 9.17) is 9.84 Å². The third kappa shape index (κ3) is 13.1. The van der Waals surface area contributed by atoms with Gasteiger partial charge < -0.3 is 14.9 Å². The SMILES string of the molecule is C.C.Cc1ccc(C#Cc2cccc(C#Cc3ccc(NC(=O)OC(C)(C)C)cc3)c2C(=O)O)cc1.O=C(O)c1c(I)cccc1I. The number of carboxylic acid groups (broad SMARTS) is 2. The number of benzene rings is 4. The van der Waals surface area contributed by atoms with Crippen molar-refractivity contribution in [2.75, 3.05) is 5.32 Å². The molecule has 244 valence electrons. The van der Waals surface area contributed by atoms with Gasteiger partial charge in [-0.2, -0.15) is 0 Å². The molecular weight excluding hydrogens is 820 g/mol. The predicted octanol–water partition coefficient (Wildman–Crippen LogP) is 9.71. The highest BCUT2D eigenvalue weighted by molar-refractivity contribution is 14.1. The van der Waals surface area contributed by atoms with Crippen LogP contribution in [0.3, 0.4) is 0 Å². The minimum absolute atomic E-state index is 0. The van der Waals surface area contributed by atoms with Gasteiger partial charge in [0.2, 0.25) is 0 Å². The lowest BCUT2D eigenvalue weighted by Gasteiger charge is -2.19. The van der Waals surface area contributed by atoms with E-state index in [-0.39, 0.29) is 20.4 Å². The number of carboxylic acids is 2. The molecule has 0 bridgehead atoms. The molecule has 0 fully saturated rings. The van der Waals surface area contributed by atoms with Gasteiger partial charge in [-0.3, -0.25) is 5.32 Å². The number of nitrogens with one attached hydrogen (secondary N) is 1. The maximum atomic E-state index is 12.0. The Balaban J connectivity index is 0.000000723. The number of hydrogen-bond acceptors (Lipinski definition) is 4. The number of halogens is 2. The van der Waals surface area contributed by atoms with E-state index in [2.05, 4.69) is 29.0 Å². The van der Waals surface area contributed by atoms with Gasteiger partial charge in [0.05, 0.1) is 11.1 Å². The van der Waals surface area contributed by atoms with E-state index < -0.39 is 23.6 Å². The molecule has 0 unspecified atom stereocenters. The Morgan fingerprint density at radius 1 is 0.660 bits per heavy atom. The molecule has 4 rings (SSSR count). The third-order valence-electron chi connectivity index (χ3n) is 5.72. The first-order valence-electron chi connectivity index (χ1n) is 13.5. The van der Waals surface area contributed by atoms with E-state index in [1.165, 1.54) is 0 Å². The van der Waals surface area contributed by atoms with Crippen LogP contribution in [0.2, 0.25) is 0 Å². The molecule has 0 aliphatic heterocycles. The van der Waals surface area contributed by atoms with Crippen LogP contribution in [0.15, 0.2) is 84.9 Å². The zero-order valence-corrected chi connectivity index (χ0v) is 29.2. The summed E-state index contributed by atoms with van der Waals surface area (Å²) in [6, 6.07) is 25.1. The van der Waals surface area contributed by atoms with E-state index in [1.54, 1.807) is 75.4 Å². The summed E-state index contributed by atoms with van der Waals surface area (Å²) < 4.78 is 6.79. The zero-order valence-electron chi connectivity index (χ0n) is 24.9. The fourth-order valence-corrected chi connectivity index (χ4v) is 5.64. The smallest absolute Gasteiger partial charge is 0.412 e. The lowest BCUT2D eigenvalue weighted by molar-refractivity contribution is 0.0632. The number of amides is 1. The second-order valence-corrected chi connectivity index (χ2v) is 12.8. The first-order chi connectivity index (χ1) is 21.2. The van der Waals surface area contributed by atoms with Gasteiger partial charge in [-0.15, -0.1) is 0 Å². The molecule has 4 aromatic rings. The largest absolute Gasteiger partial charge is 0.478 e. The molecular formula is C38H37I2NO6. The summed E-state index contributed by atoms with van der Waals surface area (Å²) in [6.07, 6.45) is -0.541. The fraction of sp³-hybridized carbons (Fsp3) is 0.184. The summed E-state index contributed by atoms with van der Waals surface area (Å²) in [7, 11) is 0. The van der Waals surface area contributed by atoms with E-state index in [0.717, 1.165) is 18.3 Å². The second kappa shape index (κ2) is 18.7. The number of carbonyl (C=O) groups excluding carboxylic acids is 1. The number of anilines is 1. The van der Waals surface area contributed by atoms with Crippen LogP contribution in [-0.2, 0) is 4.74 Å². The molecule has 0 aliphatic carbocycles. The van der Waals surface area contributed by atoms with Gasteiger partial charge in [-0.25, -0.2) is 14.4 Å². The van der Waals surface area contributed by atoms with Gasteiger partial charge in [-0.1, -0.05) is 68.4 Å². The quantitative estimate of drug-likeness (QED) is 0.140. The van der Waals surface area contributed by atoms with Crippen molar-refractivity contribution in [3.05, 3.63) is 131 Å². The summed E-state index contributed by atoms with van der Waals surface area (Å²) in [5.74, 6) is 9.94. The van der Waals surface area contributed by atoms with Crippen molar-refractivity contribution in [2.45, 2.75) is 48.1 Å². The molecule has 3 N–H and O–H groups in total. The average Bonchev–Trinajstić information content (AvgIpc) is 2.95. The molecule has 9 heteroatoms. The highest BCUT2D eigenvalue weighted by Gasteiger charge is 2.16. The Kier molecular flexibility index (Phi) is 16.2. The Hall–Kier alpha value is -4.33. The molecule has 0 heterocycles. The lowest BCUT2D eigenvalue weighted by Crippen LogP contribution is -2.27. The van der Waals surface area contributed by atoms with Gasteiger partial charge in [0, 0.05) is 35.1 Å². The number of aromatic carboxylic acids is 2. The van der Waals surface area contributed by atoms with Crippen LogP contribution in [0.25, 0.3) is 0 Å². The number of aryl methyl sites for hydroxylation is 1. The number of ether oxygens (including phenoxy) is 1. The molecule has 0 saturated carbocycles. The highest BCUT2D eigenvalue weighted by atomic mass is 127. The van der Waals surface area contributed by atoms with Crippen LogP contribution in [0.5, 0.6) is 0 Å². The molecule has 0 saturated heterocycles. The van der Waals surface area contributed by atoms with Crippen molar-refractivity contribution in [2.24, 2.45) is 0 Å². The molecule has 0 radical (unpaired) electrons. The van der Waals surface area contributed by atoms with Crippen molar-refractivity contribution in [1.29, 1.82) is 0 Å². The van der Waals surface area contributed by atoms with Gasteiger partial charge in [0.15, 0.2) is 0 Å². The third-order valence-corrected chi connectivity index (χ3v) is 7.52. The zero-order chi connectivity index (χ0) is 33.1. The fourth-order valence-electron chi connectivity index (χ4n) is 3.67. The van der Waals surface area contributed by atoms with Crippen LogP contribution >= 0.6 is 45.2 Å². The Morgan fingerprint density at radius 3 is 1.49 bits per heavy atom. The molecule has 0 atom stereocenters. The van der Waals surface area contributed by atoms with Gasteiger partial charge in [-0.05, 0) is 134 Å². The van der Waals surface area contributed by atoms with E-state index in [0.29, 0.717) is 27.9 Å². The summed E-state index contributed by atoms with van der Waals surface area (Å²) in [5.41, 5.74) is 3.82. The first kappa shape index (κ1) is 40.7. The van der Waals surface area contributed by atoms with Crippen LogP contribution in [0.4, 0.5) is 10.5 Å². The highest BCUT2D eigenvalue weighted by Crippen LogP contribution is 2.19. The van der Waals surface area contributed by atoms with Crippen molar-refractivity contribution >= 4 is 68.9 Å². The molecule has 47 heavy (non-hydrogen) atoms. The Bertz CT molecular complexity index is 1820. The van der Waals surface area contributed by atoms with Crippen molar-refractivity contribution in [3.8, 4) is 23.7 Å². The number of rotatable bonds is 3. The van der Waals surface area contributed by atoms with Crippen LogP contribution in [0, 0.1) is 37.7 Å². The first-order valence-corrected chi connectivity index (χ1v) is 15.6. The standard InChI is InChI=1S/C29H25NO4.C7H4I2O2.2CH4/c1-20-8-10-21(11-9-20)12-16-23-6-5-7-24(26(23)27(31)32)17-13-22-14-18-25(19-15-22)30-28(33)34-29(2,3)4;8-4-2-1-3-5(9)6(4)7(10)11;;/h5-11,14-15,18-19H,1-4H3,(H,30,33)(H,31,32);1-3H,(H,10,11);2*1H4. The Morgan fingerprint density at radius 2 is 1.09 bits per heavy atom. The molecule has 0 aliphatic rings. The summed E-state index contributed by atoms with van der Waals surface area (Å²) in [5, 5.41) is 21.2. The minimum atomic E-state index is -1.09. The second-order valence-electron chi connectivity index (χ2n) is 10.5. The van der Waals surface area contributed by atoms with E-state index in [1.807, 2.05) is 82.4 Å². The number of carbonyl (C=O) groups is 3. The van der Waals surface area contributed by atoms with Crippen molar-refractivity contribution < 1.29 is 29.3 Å². The average molecular weight is 858 g/mol. The Labute approximate surface area is 304 Å². The summed E-state index contributed by atoms with van der Waals surface area (Å²) >= 11 is 4.03. The normalized spacial score (nSPS) is 9.66. The maximum Gasteiger partial charge on any atom is 0.412 e. The van der Waals surface area contributed by atoms with Crippen LogP contribution < -0.4 is 5.32 Å². The lowest BCUT2D eigenvalue weighted by atomic mass is 10.0. The van der Waals surface area contributed by atoms with E-state index in [9.17, 15) is 19.5 Å². The topological polar surface area (TPSA) is 113 Å². The summed E-state index contributed by atoms with van der Waals surface area (Å²) in [6.45, 7) is 7.37. The molecule has 7 nitrogen and oxygen atoms in total. The number of hydrogen-bond donors (Lipinski definition) is 3. The van der Waals surface area contributed by atoms with Crippen LogP contribution in [0.1, 0.15) is 84.2 Å². The maximum absolute atomic E-state index is 12.0. The van der Waals surface area contributed by atoms with Gasteiger partial charge in [0.1, 0.15) is 5.60 Å². The predicted molar refractivity (Wildman–Crippen MR) is 205 cm³/mol.